The average molecular weight is 503 g/mol. The van der Waals surface area contributed by atoms with Crippen LogP contribution in [0.25, 0.3) is 0 Å². The first-order valence-electron chi connectivity index (χ1n) is 10.4. The zero-order valence-corrected chi connectivity index (χ0v) is 19.9. The lowest BCUT2D eigenvalue weighted by Gasteiger charge is -2.33. The molecule has 2 aromatic rings. The first-order valence-corrected chi connectivity index (χ1v) is 10.8. The second-order valence-electron chi connectivity index (χ2n) is 7.57. The maximum Gasteiger partial charge on any atom is 0.338 e. The van der Waals surface area contributed by atoms with Gasteiger partial charge in [0.25, 0.3) is 11.6 Å². The Kier molecular flexibility index (Phi) is 8.05. The van der Waals surface area contributed by atoms with Crippen LogP contribution < -0.4 is 10.6 Å². The molecule has 0 saturated heterocycles. The van der Waals surface area contributed by atoms with Gasteiger partial charge in [0.1, 0.15) is 11.6 Å². The third-order valence-electron chi connectivity index (χ3n) is 5.40. The van der Waals surface area contributed by atoms with Crippen molar-refractivity contribution < 1.29 is 28.8 Å². The molecule has 0 aromatic heterocycles. The Balaban J connectivity index is 1.81. The Hall–Kier alpha value is -3.96. The van der Waals surface area contributed by atoms with Gasteiger partial charge in [0, 0.05) is 37.2 Å². The largest absolute Gasteiger partial charge is 0.460 e. The molecule has 35 heavy (non-hydrogen) atoms. The fourth-order valence-corrected chi connectivity index (χ4v) is 3.59. The average Bonchev–Trinajstić information content (AvgIpc) is 2.83. The number of nitrogens with one attached hydrogen (secondary N) is 2. The number of methoxy groups -OCH3 is 1. The van der Waals surface area contributed by atoms with Crippen LogP contribution in [-0.4, -0.2) is 55.1 Å². The highest BCUT2D eigenvalue weighted by molar-refractivity contribution is 6.32. The van der Waals surface area contributed by atoms with E-state index in [1.54, 1.807) is 38.2 Å². The number of amides is 3. The van der Waals surface area contributed by atoms with Crippen molar-refractivity contribution in [2.45, 2.75) is 13.0 Å². The molecule has 1 atom stereocenters. The number of allylic oxidation sites excluding steroid dienone is 1. The molecule has 0 radical (unpaired) electrons. The quantitative estimate of drug-likeness (QED) is 0.243. The van der Waals surface area contributed by atoms with E-state index < -0.39 is 22.8 Å². The third kappa shape index (κ3) is 5.76. The van der Waals surface area contributed by atoms with Gasteiger partial charge in [-0.1, -0.05) is 23.7 Å². The van der Waals surface area contributed by atoms with Crippen molar-refractivity contribution in [3.63, 3.8) is 0 Å². The van der Waals surface area contributed by atoms with Gasteiger partial charge < -0.3 is 25.0 Å². The predicted octanol–water partition coefficient (Wildman–Crippen LogP) is 3.66. The number of anilines is 1. The molecule has 1 aliphatic rings. The topological polar surface area (TPSA) is 140 Å². The molecule has 0 bridgehead atoms. The molecule has 184 valence electrons. The van der Waals surface area contributed by atoms with Crippen molar-refractivity contribution >= 4 is 40.9 Å². The van der Waals surface area contributed by atoms with E-state index >= 15 is 0 Å². The molecule has 3 rings (SSSR count). The Morgan fingerprint density at radius 2 is 1.89 bits per heavy atom. The number of ether oxygens (including phenoxy) is 2. The zero-order valence-electron chi connectivity index (χ0n) is 19.2. The summed E-state index contributed by atoms with van der Waals surface area (Å²) in [5, 5.41) is 16.4. The van der Waals surface area contributed by atoms with E-state index in [0.29, 0.717) is 16.9 Å². The molecular formula is C23H23ClN4O7. The molecule has 2 aromatic carbocycles. The molecule has 0 fully saturated rings. The van der Waals surface area contributed by atoms with Gasteiger partial charge in [-0.25, -0.2) is 9.59 Å². The van der Waals surface area contributed by atoms with Crippen molar-refractivity contribution in [1.82, 2.24) is 10.2 Å². The van der Waals surface area contributed by atoms with Gasteiger partial charge in [0.15, 0.2) is 0 Å². The molecule has 0 saturated carbocycles. The van der Waals surface area contributed by atoms with E-state index in [-0.39, 0.29) is 41.1 Å². The first-order chi connectivity index (χ1) is 16.6. The number of nitro groups is 1. The number of hydrogen-bond acceptors (Lipinski definition) is 7. The van der Waals surface area contributed by atoms with Crippen molar-refractivity contribution in [2.24, 2.45) is 0 Å². The number of hydrogen-bond donors (Lipinski definition) is 2. The summed E-state index contributed by atoms with van der Waals surface area (Å²) in [6.07, 6.45) is 0. The van der Waals surface area contributed by atoms with Gasteiger partial charge >= 0.3 is 12.0 Å². The second kappa shape index (κ2) is 11.0. The van der Waals surface area contributed by atoms with Crippen LogP contribution in [0.1, 0.15) is 28.9 Å². The Bertz CT molecular complexity index is 1200. The van der Waals surface area contributed by atoms with E-state index in [0.717, 1.165) is 6.07 Å². The number of rotatable bonds is 8. The van der Waals surface area contributed by atoms with Crippen LogP contribution in [-0.2, 0) is 14.3 Å². The number of nitrogens with zero attached hydrogens (tertiary/aromatic N) is 2. The normalized spacial score (nSPS) is 15.5. The number of esters is 1. The summed E-state index contributed by atoms with van der Waals surface area (Å²) in [6.45, 7) is 1.94. The molecule has 0 spiro atoms. The lowest BCUT2D eigenvalue weighted by atomic mass is 9.95. The van der Waals surface area contributed by atoms with E-state index in [9.17, 15) is 24.5 Å². The molecule has 1 aliphatic heterocycles. The van der Waals surface area contributed by atoms with Gasteiger partial charge in [-0.3, -0.25) is 14.9 Å². The summed E-state index contributed by atoms with van der Waals surface area (Å²) in [4.78, 5) is 49.4. The van der Waals surface area contributed by atoms with Crippen LogP contribution in [0.15, 0.2) is 53.7 Å². The molecule has 1 heterocycles. The fraction of sp³-hybridized carbons (Fsp3) is 0.261. The maximum absolute atomic E-state index is 12.8. The number of urea groups is 1. The lowest BCUT2D eigenvalue weighted by molar-refractivity contribution is -0.384. The molecule has 3 amide bonds. The van der Waals surface area contributed by atoms with E-state index in [1.165, 1.54) is 24.1 Å². The van der Waals surface area contributed by atoms with Gasteiger partial charge in [-0.2, -0.15) is 0 Å². The third-order valence-corrected chi connectivity index (χ3v) is 5.72. The van der Waals surface area contributed by atoms with Crippen molar-refractivity contribution in [3.05, 3.63) is 80.0 Å². The second-order valence-corrected chi connectivity index (χ2v) is 7.98. The smallest absolute Gasteiger partial charge is 0.338 e. The lowest BCUT2D eigenvalue weighted by Crippen LogP contribution is -2.46. The van der Waals surface area contributed by atoms with E-state index in [1.807, 2.05) is 0 Å². The summed E-state index contributed by atoms with van der Waals surface area (Å²) in [5.74, 6) is -1.15. The minimum atomic E-state index is -0.766. The van der Waals surface area contributed by atoms with Crippen molar-refractivity contribution in [1.29, 1.82) is 0 Å². The predicted molar refractivity (Wildman–Crippen MR) is 127 cm³/mol. The maximum atomic E-state index is 12.8. The molecule has 11 nitrogen and oxygen atoms in total. The number of benzene rings is 2. The summed E-state index contributed by atoms with van der Waals surface area (Å²) in [5.41, 5.74) is 1.40. The minimum Gasteiger partial charge on any atom is -0.460 e. The molecule has 12 heteroatoms. The van der Waals surface area contributed by atoms with Crippen LogP contribution in [0.5, 0.6) is 0 Å². The molecular weight excluding hydrogens is 480 g/mol. The number of carbonyl (C=O) groups excluding carboxylic acids is 3. The summed E-state index contributed by atoms with van der Waals surface area (Å²) in [7, 11) is 3.04. The van der Waals surface area contributed by atoms with Crippen molar-refractivity contribution in [2.75, 3.05) is 32.7 Å². The Labute approximate surface area is 205 Å². The summed E-state index contributed by atoms with van der Waals surface area (Å²) < 4.78 is 10.2. The van der Waals surface area contributed by atoms with Gasteiger partial charge in [-0.15, -0.1) is 0 Å². The molecule has 0 unspecified atom stereocenters. The fourth-order valence-electron chi connectivity index (χ4n) is 3.40. The minimum absolute atomic E-state index is 0.0598. The van der Waals surface area contributed by atoms with Crippen LogP contribution >= 0.6 is 11.6 Å². The number of halogens is 1. The van der Waals surface area contributed by atoms with E-state index in [2.05, 4.69) is 10.6 Å². The molecule has 2 N–H and O–H groups in total. The summed E-state index contributed by atoms with van der Waals surface area (Å²) >= 11 is 5.80. The SMILES string of the molecule is COCCOC(=O)C1=C(C)N(C)C(=O)N[C@H]1c1ccc(NC(=O)c2ccc(Cl)c([N+](=O)[O-])c2)cc1. The van der Waals surface area contributed by atoms with Crippen LogP contribution in [0.3, 0.4) is 0 Å². The monoisotopic (exact) mass is 502 g/mol. The highest BCUT2D eigenvalue weighted by atomic mass is 35.5. The van der Waals surface area contributed by atoms with Gasteiger partial charge in [-0.05, 0) is 36.8 Å². The standard InChI is InChI=1S/C23H23ClN4O7/c1-13-19(22(30)35-11-10-34-3)20(26-23(31)27(13)2)14-4-7-16(8-5-14)25-21(29)15-6-9-17(24)18(12-15)28(32)33/h4-9,12,20H,10-11H2,1-3H3,(H,25,29)(H,26,31)/t20-/m0/s1. The number of carbonyl (C=O) groups is 3. The van der Waals surface area contributed by atoms with Crippen LogP contribution in [0, 0.1) is 10.1 Å². The van der Waals surface area contributed by atoms with Gasteiger partial charge in [0.05, 0.1) is 23.1 Å². The molecule has 0 aliphatic carbocycles. The first kappa shape index (κ1) is 25.7. The highest BCUT2D eigenvalue weighted by Crippen LogP contribution is 2.31. The Morgan fingerprint density at radius 1 is 1.20 bits per heavy atom. The number of nitro benzene ring substituents is 1. The highest BCUT2D eigenvalue weighted by Gasteiger charge is 2.35. The van der Waals surface area contributed by atoms with Gasteiger partial charge in [0.2, 0.25) is 0 Å². The zero-order chi connectivity index (χ0) is 25.7. The van der Waals surface area contributed by atoms with Crippen molar-refractivity contribution in [3.8, 4) is 0 Å². The van der Waals surface area contributed by atoms with E-state index in [4.69, 9.17) is 21.1 Å². The van der Waals surface area contributed by atoms with Crippen LogP contribution in [0.2, 0.25) is 5.02 Å². The van der Waals surface area contributed by atoms with Crippen LogP contribution in [0.4, 0.5) is 16.2 Å². The summed E-state index contributed by atoms with van der Waals surface area (Å²) in [6, 6.07) is 9.06. The Morgan fingerprint density at radius 3 is 2.51 bits per heavy atom.